The Bertz CT molecular complexity index is 207. The molecule has 2 rings (SSSR count). The molecule has 1 N–H and O–H groups in total. The second kappa shape index (κ2) is 3.91. The minimum atomic E-state index is 0.547. The summed E-state index contributed by atoms with van der Waals surface area (Å²) in [4.78, 5) is 4.40. The van der Waals surface area contributed by atoms with E-state index in [0.29, 0.717) is 5.41 Å². The third-order valence-corrected chi connectivity index (χ3v) is 4.00. The van der Waals surface area contributed by atoms with Crippen molar-refractivity contribution in [3.8, 4) is 0 Å². The van der Waals surface area contributed by atoms with Gasteiger partial charge in [0, 0.05) is 12.3 Å². The second-order valence-corrected chi connectivity index (χ2v) is 5.49. The number of hydrogen-bond donors (Lipinski definition) is 1. The highest BCUT2D eigenvalue weighted by Crippen LogP contribution is 2.36. The van der Waals surface area contributed by atoms with Crippen LogP contribution in [-0.2, 0) is 0 Å². The first-order chi connectivity index (χ1) is 6.29. The van der Waals surface area contributed by atoms with Gasteiger partial charge in [0.15, 0.2) is 5.17 Å². The van der Waals surface area contributed by atoms with Crippen LogP contribution in [0.3, 0.4) is 0 Å². The lowest BCUT2D eigenvalue weighted by Crippen LogP contribution is -2.32. The third-order valence-electron chi connectivity index (χ3n) is 3.06. The summed E-state index contributed by atoms with van der Waals surface area (Å²) >= 11 is 1.86. The van der Waals surface area contributed by atoms with Crippen molar-refractivity contribution >= 4 is 16.9 Å². The SMILES string of the molecule is CC1(CNC2=NCCS2)CCCC1. The van der Waals surface area contributed by atoms with Crippen LogP contribution in [0.2, 0.25) is 0 Å². The van der Waals surface area contributed by atoms with Gasteiger partial charge in [-0.25, -0.2) is 0 Å². The van der Waals surface area contributed by atoms with Crippen molar-refractivity contribution in [2.24, 2.45) is 10.4 Å². The van der Waals surface area contributed by atoms with E-state index in [1.807, 2.05) is 11.8 Å². The summed E-state index contributed by atoms with van der Waals surface area (Å²) in [6.45, 7) is 4.52. The highest BCUT2D eigenvalue weighted by atomic mass is 32.2. The molecule has 0 radical (unpaired) electrons. The van der Waals surface area contributed by atoms with Crippen molar-refractivity contribution in [2.75, 3.05) is 18.8 Å². The summed E-state index contributed by atoms with van der Waals surface area (Å²) in [7, 11) is 0. The van der Waals surface area contributed by atoms with Crippen molar-refractivity contribution in [1.82, 2.24) is 5.32 Å². The fraction of sp³-hybridized carbons (Fsp3) is 0.900. The van der Waals surface area contributed by atoms with Crippen LogP contribution in [0.4, 0.5) is 0 Å². The molecule has 0 unspecified atom stereocenters. The number of thioether (sulfide) groups is 1. The number of rotatable bonds is 2. The first-order valence-electron chi connectivity index (χ1n) is 5.20. The van der Waals surface area contributed by atoms with Gasteiger partial charge in [0.05, 0.1) is 6.54 Å². The van der Waals surface area contributed by atoms with Gasteiger partial charge in [-0.2, -0.15) is 0 Å². The molecule has 0 bridgehead atoms. The van der Waals surface area contributed by atoms with Crippen LogP contribution in [0.15, 0.2) is 4.99 Å². The van der Waals surface area contributed by atoms with Crippen LogP contribution in [0, 0.1) is 5.41 Å². The van der Waals surface area contributed by atoms with E-state index in [-0.39, 0.29) is 0 Å². The van der Waals surface area contributed by atoms with Gasteiger partial charge in [-0.1, -0.05) is 31.5 Å². The summed E-state index contributed by atoms with van der Waals surface area (Å²) in [5, 5.41) is 4.65. The molecule has 1 fully saturated rings. The van der Waals surface area contributed by atoms with Gasteiger partial charge in [0.1, 0.15) is 0 Å². The Morgan fingerprint density at radius 1 is 1.46 bits per heavy atom. The average Bonchev–Trinajstić information content (AvgIpc) is 2.72. The van der Waals surface area contributed by atoms with Crippen LogP contribution in [-0.4, -0.2) is 24.0 Å². The number of amidine groups is 1. The van der Waals surface area contributed by atoms with Crippen LogP contribution < -0.4 is 5.32 Å². The van der Waals surface area contributed by atoms with Crippen LogP contribution in [0.5, 0.6) is 0 Å². The maximum absolute atomic E-state index is 4.40. The zero-order valence-corrected chi connectivity index (χ0v) is 9.12. The van der Waals surface area contributed by atoms with E-state index in [9.17, 15) is 0 Å². The molecule has 0 atom stereocenters. The Hall–Kier alpha value is -0.180. The van der Waals surface area contributed by atoms with Gasteiger partial charge in [-0.3, -0.25) is 4.99 Å². The number of nitrogens with zero attached hydrogens (tertiary/aromatic N) is 1. The topological polar surface area (TPSA) is 24.4 Å². The Morgan fingerprint density at radius 2 is 2.23 bits per heavy atom. The highest BCUT2D eigenvalue weighted by Gasteiger charge is 2.28. The standard InChI is InChI=1S/C10H18N2S/c1-10(4-2-3-5-10)8-12-9-11-6-7-13-9/h2-8H2,1H3,(H,11,12). The monoisotopic (exact) mass is 198 g/mol. The van der Waals surface area contributed by atoms with Gasteiger partial charge in [-0.05, 0) is 18.3 Å². The molecule has 74 valence electrons. The molecular weight excluding hydrogens is 180 g/mol. The van der Waals surface area contributed by atoms with Crippen LogP contribution >= 0.6 is 11.8 Å². The van der Waals surface area contributed by atoms with Gasteiger partial charge in [0.25, 0.3) is 0 Å². The third kappa shape index (κ3) is 2.39. The second-order valence-electron chi connectivity index (χ2n) is 4.41. The van der Waals surface area contributed by atoms with Gasteiger partial charge < -0.3 is 5.32 Å². The molecule has 0 aromatic carbocycles. The molecule has 0 aromatic rings. The van der Waals surface area contributed by atoms with Crippen molar-refractivity contribution in [1.29, 1.82) is 0 Å². The minimum Gasteiger partial charge on any atom is -0.364 e. The molecule has 1 saturated carbocycles. The van der Waals surface area contributed by atoms with Crippen molar-refractivity contribution < 1.29 is 0 Å². The summed E-state index contributed by atoms with van der Waals surface area (Å²) in [6.07, 6.45) is 5.60. The maximum Gasteiger partial charge on any atom is 0.156 e. The molecule has 2 nitrogen and oxygen atoms in total. The van der Waals surface area contributed by atoms with E-state index in [0.717, 1.165) is 13.1 Å². The Balaban J connectivity index is 1.77. The molecule has 1 heterocycles. The summed E-state index contributed by atoms with van der Waals surface area (Å²) in [5.41, 5.74) is 0.547. The molecule has 1 aliphatic heterocycles. The molecule has 1 aliphatic carbocycles. The van der Waals surface area contributed by atoms with E-state index >= 15 is 0 Å². The average molecular weight is 198 g/mol. The molecule has 3 heteroatoms. The summed E-state index contributed by atoms with van der Waals surface area (Å²) < 4.78 is 0. The van der Waals surface area contributed by atoms with E-state index in [1.165, 1.54) is 36.6 Å². The van der Waals surface area contributed by atoms with E-state index in [1.54, 1.807) is 0 Å². The van der Waals surface area contributed by atoms with Gasteiger partial charge >= 0.3 is 0 Å². The number of nitrogens with one attached hydrogen (secondary N) is 1. The predicted octanol–water partition coefficient (Wildman–Crippen LogP) is 2.26. The van der Waals surface area contributed by atoms with E-state index in [2.05, 4.69) is 17.2 Å². The van der Waals surface area contributed by atoms with Crippen molar-refractivity contribution in [3.63, 3.8) is 0 Å². The van der Waals surface area contributed by atoms with E-state index in [4.69, 9.17) is 0 Å². The predicted molar refractivity (Wildman–Crippen MR) is 59.3 cm³/mol. The summed E-state index contributed by atoms with van der Waals surface area (Å²) in [6, 6.07) is 0. The van der Waals surface area contributed by atoms with Gasteiger partial charge in [0.2, 0.25) is 0 Å². The minimum absolute atomic E-state index is 0.547. The largest absolute Gasteiger partial charge is 0.364 e. The number of hydrogen-bond acceptors (Lipinski definition) is 3. The lowest BCUT2D eigenvalue weighted by molar-refractivity contribution is 0.336. The Kier molecular flexibility index (Phi) is 2.82. The molecule has 0 aromatic heterocycles. The lowest BCUT2D eigenvalue weighted by Gasteiger charge is -2.23. The molecule has 13 heavy (non-hydrogen) atoms. The smallest absolute Gasteiger partial charge is 0.156 e. The fourth-order valence-corrected chi connectivity index (χ4v) is 2.87. The van der Waals surface area contributed by atoms with Crippen LogP contribution in [0.1, 0.15) is 32.6 Å². The maximum atomic E-state index is 4.40. The van der Waals surface area contributed by atoms with Crippen molar-refractivity contribution in [2.45, 2.75) is 32.6 Å². The highest BCUT2D eigenvalue weighted by molar-refractivity contribution is 8.14. The Labute approximate surface area is 84.6 Å². The zero-order chi connectivity index (χ0) is 9.15. The molecule has 2 aliphatic rings. The van der Waals surface area contributed by atoms with Crippen LogP contribution in [0.25, 0.3) is 0 Å². The van der Waals surface area contributed by atoms with Crippen molar-refractivity contribution in [3.05, 3.63) is 0 Å². The van der Waals surface area contributed by atoms with Gasteiger partial charge in [-0.15, -0.1) is 0 Å². The molecular formula is C10H18N2S. The molecule has 0 saturated heterocycles. The Morgan fingerprint density at radius 3 is 2.85 bits per heavy atom. The molecule has 0 amide bonds. The number of aliphatic imine (C=N–C) groups is 1. The fourth-order valence-electron chi connectivity index (χ4n) is 2.14. The normalized spacial score (nSPS) is 26.1. The van der Waals surface area contributed by atoms with E-state index < -0.39 is 0 Å². The summed E-state index contributed by atoms with van der Waals surface area (Å²) in [5.74, 6) is 1.17. The lowest BCUT2D eigenvalue weighted by atomic mass is 9.89. The first-order valence-corrected chi connectivity index (χ1v) is 6.18. The first kappa shape index (κ1) is 9.38. The zero-order valence-electron chi connectivity index (χ0n) is 8.31. The quantitative estimate of drug-likeness (QED) is 0.736. The molecule has 0 spiro atoms.